The first-order valence-corrected chi connectivity index (χ1v) is 18.1. The Morgan fingerprint density at radius 2 is 1.47 bits per heavy atom. The number of anilines is 3. The van der Waals surface area contributed by atoms with Crippen molar-refractivity contribution in [2.75, 3.05) is 42.2 Å². The number of urea groups is 1. The Labute approximate surface area is 301 Å². The van der Waals surface area contributed by atoms with E-state index in [4.69, 9.17) is 14.2 Å². The van der Waals surface area contributed by atoms with Crippen LogP contribution in [0.5, 0.6) is 5.75 Å². The minimum Gasteiger partial charge on any atom is -0.490 e. The van der Waals surface area contributed by atoms with Crippen LogP contribution in [0.4, 0.5) is 26.7 Å². The first kappa shape index (κ1) is 36.0. The van der Waals surface area contributed by atoms with Gasteiger partial charge in [0.1, 0.15) is 18.4 Å². The molecule has 2 aliphatic heterocycles. The van der Waals surface area contributed by atoms with Crippen LogP contribution < -0.4 is 20.3 Å². The highest BCUT2D eigenvalue weighted by Crippen LogP contribution is 2.30. The summed E-state index contributed by atoms with van der Waals surface area (Å²) in [6.07, 6.45) is 5.34. The predicted octanol–water partition coefficient (Wildman–Crippen LogP) is 7.28. The molecule has 51 heavy (non-hydrogen) atoms. The van der Waals surface area contributed by atoms with Crippen LogP contribution in [0.15, 0.2) is 78.9 Å². The average molecular weight is 698 g/mol. The molecule has 3 atom stereocenters. The summed E-state index contributed by atoms with van der Waals surface area (Å²) in [5.74, 6) is 0.710. The van der Waals surface area contributed by atoms with Gasteiger partial charge in [0, 0.05) is 43.6 Å². The third kappa shape index (κ3) is 9.72. The van der Waals surface area contributed by atoms with Crippen LogP contribution in [-0.4, -0.2) is 84.4 Å². The highest BCUT2D eigenvalue weighted by Gasteiger charge is 2.44. The number of carbonyl (C=O) groups excluding carboxylic acids is 3. The molecule has 1 saturated carbocycles. The topological polar surface area (TPSA) is 113 Å². The Morgan fingerprint density at radius 3 is 2.12 bits per heavy atom. The lowest BCUT2D eigenvalue weighted by Gasteiger charge is -2.31. The summed E-state index contributed by atoms with van der Waals surface area (Å²) in [4.78, 5) is 45.6. The Kier molecular flexibility index (Phi) is 11.3. The monoisotopic (exact) mass is 697 g/mol. The molecule has 3 aromatic rings. The number of nitrogens with one attached hydrogen (secondary N) is 2. The van der Waals surface area contributed by atoms with E-state index in [0.29, 0.717) is 30.9 Å². The van der Waals surface area contributed by atoms with Crippen molar-refractivity contribution in [3.63, 3.8) is 0 Å². The number of likely N-dealkylation sites (tertiary alicyclic amines) is 1. The largest absolute Gasteiger partial charge is 0.490 e. The van der Waals surface area contributed by atoms with Crippen molar-refractivity contribution in [2.45, 2.75) is 95.8 Å². The smallest absolute Gasteiger partial charge is 0.410 e. The number of hydrogen-bond donors (Lipinski definition) is 2. The van der Waals surface area contributed by atoms with E-state index in [-0.39, 0.29) is 36.8 Å². The van der Waals surface area contributed by atoms with Gasteiger partial charge in [-0.15, -0.1) is 0 Å². The standard InChI is InChI=1S/C40H51N5O6/c1-40(2,3)51-35-24-36(45(26-35)39(48)49-27-28-10-6-5-7-11-28)37(46)43(4)32-22-23-44(25-32)31-18-14-29(15-19-31)41-38(47)42-30-16-20-34(21-17-30)50-33-12-8-9-13-33/h5-7,10-11,14-21,32-33,35-36H,8-9,12-13,22-27H2,1-4H3,(H2,41,42,47)/t32?,35-,36+/m1/s1. The molecule has 11 nitrogen and oxygen atoms in total. The van der Waals surface area contributed by atoms with Gasteiger partial charge in [0.05, 0.1) is 30.4 Å². The van der Waals surface area contributed by atoms with Crippen LogP contribution >= 0.6 is 0 Å². The molecule has 1 aliphatic carbocycles. The number of amides is 4. The Balaban J connectivity index is 1.01. The fraction of sp³-hybridized carbons (Fsp3) is 0.475. The number of carbonyl (C=O) groups is 3. The molecule has 11 heteroatoms. The third-order valence-corrected chi connectivity index (χ3v) is 9.77. The Bertz CT molecular complexity index is 1620. The zero-order valence-electron chi connectivity index (χ0n) is 30.2. The quantitative estimate of drug-likeness (QED) is 0.229. The van der Waals surface area contributed by atoms with Crippen LogP contribution in [0, 0.1) is 0 Å². The van der Waals surface area contributed by atoms with Crippen LogP contribution in [0.3, 0.4) is 0 Å². The molecule has 0 bridgehead atoms. The summed E-state index contributed by atoms with van der Waals surface area (Å²) >= 11 is 0. The summed E-state index contributed by atoms with van der Waals surface area (Å²) in [6, 6.07) is 23.7. The van der Waals surface area contributed by atoms with Crippen LogP contribution in [0.1, 0.15) is 64.9 Å². The van der Waals surface area contributed by atoms with Crippen LogP contribution in [0.2, 0.25) is 0 Å². The maximum absolute atomic E-state index is 14.0. The predicted molar refractivity (Wildman–Crippen MR) is 198 cm³/mol. The second-order valence-electron chi connectivity index (χ2n) is 14.8. The third-order valence-electron chi connectivity index (χ3n) is 9.77. The van der Waals surface area contributed by atoms with Gasteiger partial charge in [0.15, 0.2) is 0 Å². The number of rotatable bonds is 10. The van der Waals surface area contributed by atoms with Gasteiger partial charge in [-0.2, -0.15) is 0 Å². The number of nitrogens with zero attached hydrogens (tertiary/aromatic N) is 3. The van der Waals surface area contributed by atoms with E-state index in [2.05, 4.69) is 15.5 Å². The summed E-state index contributed by atoms with van der Waals surface area (Å²) in [5.41, 5.74) is 2.84. The Hall–Kier alpha value is -4.77. The fourth-order valence-electron chi connectivity index (χ4n) is 7.19. The van der Waals surface area contributed by atoms with Gasteiger partial charge >= 0.3 is 12.1 Å². The molecular formula is C40H51N5O6. The molecule has 2 heterocycles. The van der Waals surface area contributed by atoms with Gasteiger partial charge in [0.2, 0.25) is 5.91 Å². The molecule has 6 rings (SSSR count). The molecule has 2 saturated heterocycles. The van der Waals surface area contributed by atoms with Crippen molar-refractivity contribution in [2.24, 2.45) is 0 Å². The van der Waals surface area contributed by atoms with Gasteiger partial charge in [-0.25, -0.2) is 9.59 Å². The summed E-state index contributed by atoms with van der Waals surface area (Å²) < 4.78 is 17.9. The minimum absolute atomic E-state index is 0.0270. The number of ether oxygens (including phenoxy) is 3. The van der Waals surface area contributed by atoms with E-state index in [1.165, 1.54) is 17.7 Å². The molecule has 3 fully saturated rings. The molecule has 2 N–H and O–H groups in total. The van der Waals surface area contributed by atoms with Gasteiger partial charge in [-0.1, -0.05) is 30.3 Å². The first-order valence-electron chi connectivity index (χ1n) is 18.1. The fourth-order valence-corrected chi connectivity index (χ4v) is 7.19. The minimum atomic E-state index is -0.667. The SMILES string of the molecule is CN(C(=O)[C@@H]1C[C@@H](OC(C)(C)C)CN1C(=O)OCc1ccccc1)C1CCN(c2ccc(NC(=O)Nc3ccc(OC4CCCC4)cc3)cc2)C1. The second-order valence-corrected chi connectivity index (χ2v) is 14.8. The molecule has 0 aromatic heterocycles. The molecule has 272 valence electrons. The lowest BCUT2D eigenvalue weighted by atomic mass is 10.1. The van der Waals surface area contributed by atoms with Crippen molar-refractivity contribution >= 4 is 35.1 Å². The van der Waals surface area contributed by atoms with E-state index in [0.717, 1.165) is 42.8 Å². The molecule has 3 aliphatic rings. The normalized spacial score (nSPS) is 20.7. The van der Waals surface area contributed by atoms with Crippen molar-refractivity contribution in [3.8, 4) is 5.75 Å². The van der Waals surface area contributed by atoms with E-state index >= 15 is 0 Å². The lowest BCUT2D eigenvalue weighted by molar-refractivity contribution is -0.136. The van der Waals surface area contributed by atoms with Crippen LogP contribution in [0.25, 0.3) is 0 Å². The molecular weight excluding hydrogens is 646 g/mol. The van der Waals surface area contributed by atoms with Crippen LogP contribution in [-0.2, 0) is 20.9 Å². The number of benzene rings is 3. The zero-order valence-corrected chi connectivity index (χ0v) is 30.2. The van der Waals surface area contributed by atoms with Gasteiger partial charge in [0.25, 0.3) is 0 Å². The first-order chi connectivity index (χ1) is 24.5. The van der Waals surface area contributed by atoms with E-state index in [9.17, 15) is 14.4 Å². The maximum atomic E-state index is 14.0. The molecule has 3 aromatic carbocycles. The lowest BCUT2D eigenvalue weighted by Crippen LogP contribution is -2.50. The average Bonchev–Trinajstić information content (AvgIpc) is 3.90. The number of likely N-dealkylation sites (N-methyl/N-ethyl adjacent to an activating group) is 1. The summed E-state index contributed by atoms with van der Waals surface area (Å²) in [7, 11) is 1.82. The molecule has 0 radical (unpaired) electrons. The second kappa shape index (κ2) is 16.1. The maximum Gasteiger partial charge on any atom is 0.410 e. The zero-order chi connectivity index (χ0) is 36.0. The molecule has 4 amide bonds. The van der Waals surface area contributed by atoms with Crippen molar-refractivity contribution < 1.29 is 28.6 Å². The highest BCUT2D eigenvalue weighted by atomic mass is 16.6. The highest BCUT2D eigenvalue weighted by molar-refractivity contribution is 5.99. The van der Waals surface area contributed by atoms with Crippen molar-refractivity contribution in [1.82, 2.24) is 9.80 Å². The van der Waals surface area contributed by atoms with E-state index in [1.54, 1.807) is 4.90 Å². The van der Waals surface area contributed by atoms with E-state index in [1.807, 2.05) is 107 Å². The molecule has 1 unspecified atom stereocenters. The van der Waals surface area contributed by atoms with Gasteiger partial charge < -0.3 is 34.6 Å². The van der Waals surface area contributed by atoms with Gasteiger partial charge in [-0.05, 0) is 107 Å². The van der Waals surface area contributed by atoms with Crippen molar-refractivity contribution in [3.05, 3.63) is 84.4 Å². The van der Waals surface area contributed by atoms with E-state index < -0.39 is 17.7 Å². The Morgan fingerprint density at radius 1 is 0.824 bits per heavy atom. The summed E-state index contributed by atoms with van der Waals surface area (Å²) in [6.45, 7) is 7.80. The van der Waals surface area contributed by atoms with Gasteiger partial charge in [-0.3, -0.25) is 9.69 Å². The van der Waals surface area contributed by atoms with Crippen molar-refractivity contribution in [1.29, 1.82) is 0 Å². The summed E-state index contributed by atoms with van der Waals surface area (Å²) in [5, 5.41) is 5.78. The molecule has 0 spiro atoms. The number of hydrogen-bond acceptors (Lipinski definition) is 7.